The number of hydrogen-bond donors (Lipinski definition) is 1. The van der Waals surface area contributed by atoms with Gasteiger partial charge in [-0.1, -0.05) is 25.1 Å². The average Bonchev–Trinajstić information content (AvgIpc) is 2.99. The number of nitrogens with one attached hydrogen (secondary N) is 1. The van der Waals surface area contributed by atoms with Gasteiger partial charge in [0, 0.05) is 24.0 Å². The summed E-state index contributed by atoms with van der Waals surface area (Å²) in [4.78, 5) is 15.7. The molecule has 0 saturated heterocycles. The van der Waals surface area contributed by atoms with Gasteiger partial charge in [0.25, 0.3) is 0 Å². The van der Waals surface area contributed by atoms with Crippen molar-refractivity contribution in [3.05, 3.63) is 54.1 Å². The molecule has 22 heavy (non-hydrogen) atoms. The highest BCUT2D eigenvalue weighted by atomic mass is 15.2. The predicted octanol–water partition coefficient (Wildman–Crippen LogP) is 3.10. The molecule has 0 fully saturated rings. The fraction of sp³-hybridized carbons (Fsp3) is 0.235. The van der Waals surface area contributed by atoms with Gasteiger partial charge in [-0.15, -0.1) is 0 Å². The zero-order valence-corrected chi connectivity index (χ0v) is 12.5. The van der Waals surface area contributed by atoms with Crippen LogP contribution in [0.15, 0.2) is 42.9 Å². The number of pyridine rings is 1. The predicted molar refractivity (Wildman–Crippen MR) is 86.8 cm³/mol. The Labute approximate surface area is 129 Å². The Kier molecular flexibility index (Phi) is 3.20. The van der Waals surface area contributed by atoms with E-state index in [0.29, 0.717) is 0 Å². The van der Waals surface area contributed by atoms with Gasteiger partial charge in [0.15, 0.2) is 0 Å². The molecule has 1 aliphatic rings. The topological polar surface area (TPSA) is 53.9 Å². The number of hydrogen-bond acceptors (Lipinski definition) is 5. The van der Waals surface area contributed by atoms with E-state index in [0.717, 1.165) is 47.7 Å². The van der Waals surface area contributed by atoms with Crippen molar-refractivity contribution in [2.75, 3.05) is 11.9 Å². The second-order valence-corrected chi connectivity index (χ2v) is 5.49. The lowest BCUT2D eigenvalue weighted by Crippen LogP contribution is -2.15. The Morgan fingerprint density at radius 1 is 1.14 bits per heavy atom. The lowest BCUT2D eigenvalue weighted by molar-refractivity contribution is 0.299. The number of para-hydroxylation sites is 1. The van der Waals surface area contributed by atoms with Crippen molar-refractivity contribution in [3.8, 4) is 0 Å². The van der Waals surface area contributed by atoms with E-state index in [1.165, 1.54) is 5.56 Å². The van der Waals surface area contributed by atoms with E-state index in [1.807, 2.05) is 24.4 Å². The summed E-state index contributed by atoms with van der Waals surface area (Å²) < 4.78 is 0. The molecule has 0 aliphatic carbocycles. The van der Waals surface area contributed by atoms with Crippen molar-refractivity contribution in [1.29, 1.82) is 0 Å². The van der Waals surface area contributed by atoms with Crippen molar-refractivity contribution in [2.24, 2.45) is 0 Å². The number of fused-ring (bicyclic) bond motifs is 2. The van der Waals surface area contributed by atoms with E-state index in [-0.39, 0.29) is 0 Å². The Hall–Kier alpha value is -2.53. The lowest BCUT2D eigenvalue weighted by atomic mass is 10.2. The van der Waals surface area contributed by atoms with Crippen molar-refractivity contribution in [2.45, 2.75) is 20.0 Å². The van der Waals surface area contributed by atoms with E-state index in [1.54, 1.807) is 6.33 Å². The molecule has 5 nitrogen and oxygen atoms in total. The largest absolute Gasteiger partial charge is 0.339 e. The number of benzene rings is 1. The van der Waals surface area contributed by atoms with Crippen LogP contribution in [0.4, 0.5) is 11.5 Å². The molecule has 0 unspecified atom stereocenters. The van der Waals surface area contributed by atoms with E-state index in [9.17, 15) is 0 Å². The SMILES string of the molecule is CCN1Cc2ncnc(Nc3cnc4ccccc4c3)c2C1. The molecule has 1 aromatic carbocycles. The van der Waals surface area contributed by atoms with Crippen LogP contribution >= 0.6 is 0 Å². The van der Waals surface area contributed by atoms with Gasteiger partial charge in [-0.05, 0) is 18.7 Å². The number of aromatic nitrogens is 3. The van der Waals surface area contributed by atoms with E-state index in [2.05, 4.69) is 44.2 Å². The van der Waals surface area contributed by atoms with Crippen molar-refractivity contribution in [1.82, 2.24) is 19.9 Å². The van der Waals surface area contributed by atoms with Crippen LogP contribution in [-0.4, -0.2) is 26.4 Å². The van der Waals surface area contributed by atoms with E-state index >= 15 is 0 Å². The van der Waals surface area contributed by atoms with Crippen LogP contribution < -0.4 is 5.32 Å². The maximum Gasteiger partial charge on any atom is 0.138 e. The Morgan fingerprint density at radius 3 is 2.95 bits per heavy atom. The molecular formula is C17H17N5. The standard InChI is InChI=1S/C17H17N5/c1-2-22-9-14-16(10-22)19-11-20-17(14)21-13-7-12-5-3-4-6-15(12)18-8-13/h3-8,11H,2,9-10H2,1H3,(H,19,20,21). The first-order valence-corrected chi connectivity index (χ1v) is 7.50. The minimum absolute atomic E-state index is 0.887. The number of anilines is 2. The quantitative estimate of drug-likeness (QED) is 0.803. The van der Waals surface area contributed by atoms with Crippen LogP contribution in [0.25, 0.3) is 10.9 Å². The maximum atomic E-state index is 4.49. The summed E-state index contributed by atoms with van der Waals surface area (Å²) in [5, 5.41) is 4.52. The molecule has 4 rings (SSSR count). The van der Waals surface area contributed by atoms with Gasteiger partial charge in [0.1, 0.15) is 12.1 Å². The first kappa shape index (κ1) is 13.2. The summed E-state index contributed by atoms with van der Waals surface area (Å²) in [7, 11) is 0. The van der Waals surface area contributed by atoms with Crippen LogP contribution in [0.1, 0.15) is 18.2 Å². The number of nitrogens with zero attached hydrogens (tertiary/aromatic N) is 4. The fourth-order valence-electron chi connectivity index (χ4n) is 2.85. The molecule has 0 bridgehead atoms. The second-order valence-electron chi connectivity index (χ2n) is 5.49. The summed E-state index contributed by atoms with van der Waals surface area (Å²) in [6.07, 6.45) is 3.48. The molecular weight excluding hydrogens is 274 g/mol. The van der Waals surface area contributed by atoms with Gasteiger partial charge in [0.05, 0.1) is 23.1 Å². The average molecular weight is 291 g/mol. The zero-order valence-electron chi connectivity index (χ0n) is 12.5. The van der Waals surface area contributed by atoms with Crippen LogP contribution in [-0.2, 0) is 13.1 Å². The molecule has 0 spiro atoms. The maximum absolute atomic E-state index is 4.49. The highest BCUT2D eigenvalue weighted by Gasteiger charge is 2.22. The first-order valence-electron chi connectivity index (χ1n) is 7.50. The highest BCUT2D eigenvalue weighted by Crippen LogP contribution is 2.28. The van der Waals surface area contributed by atoms with Gasteiger partial charge >= 0.3 is 0 Å². The third-order valence-electron chi connectivity index (χ3n) is 4.09. The third-order valence-corrected chi connectivity index (χ3v) is 4.09. The molecule has 110 valence electrons. The Bertz CT molecular complexity index is 830. The van der Waals surface area contributed by atoms with Gasteiger partial charge in [-0.3, -0.25) is 9.88 Å². The Balaban J connectivity index is 1.67. The summed E-state index contributed by atoms with van der Waals surface area (Å²) >= 11 is 0. The van der Waals surface area contributed by atoms with Gasteiger partial charge in [-0.2, -0.15) is 0 Å². The van der Waals surface area contributed by atoms with Crippen LogP contribution in [0.5, 0.6) is 0 Å². The van der Waals surface area contributed by atoms with Gasteiger partial charge in [0.2, 0.25) is 0 Å². The van der Waals surface area contributed by atoms with Crippen molar-refractivity contribution in [3.63, 3.8) is 0 Å². The van der Waals surface area contributed by atoms with Gasteiger partial charge < -0.3 is 5.32 Å². The molecule has 3 heterocycles. The van der Waals surface area contributed by atoms with Crippen molar-refractivity contribution >= 4 is 22.4 Å². The third kappa shape index (κ3) is 2.29. The Morgan fingerprint density at radius 2 is 2.05 bits per heavy atom. The monoisotopic (exact) mass is 291 g/mol. The molecule has 0 amide bonds. The minimum Gasteiger partial charge on any atom is -0.339 e. The molecule has 0 radical (unpaired) electrons. The summed E-state index contributed by atoms with van der Waals surface area (Å²) in [5.74, 6) is 0.887. The minimum atomic E-state index is 0.887. The van der Waals surface area contributed by atoms with E-state index in [4.69, 9.17) is 0 Å². The number of rotatable bonds is 3. The molecule has 0 atom stereocenters. The van der Waals surface area contributed by atoms with Crippen LogP contribution in [0.2, 0.25) is 0 Å². The zero-order chi connectivity index (χ0) is 14.9. The van der Waals surface area contributed by atoms with E-state index < -0.39 is 0 Å². The smallest absolute Gasteiger partial charge is 0.138 e. The van der Waals surface area contributed by atoms with Gasteiger partial charge in [-0.25, -0.2) is 9.97 Å². The van der Waals surface area contributed by atoms with Crippen molar-refractivity contribution < 1.29 is 0 Å². The first-order chi connectivity index (χ1) is 10.8. The second kappa shape index (κ2) is 5.35. The lowest BCUT2D eigenvalue weighted by Gasteiger charge is -2.11. The molecule has 3 aromatic rings. The fourth-order valence-corrected chi connectivity index (χ4v) is 2.85. The molecule has 1 N–H and O–H groups in total. The molecule has 1 aliphatic heterocycles. The highest BCUT2D eigenvalue weighted by molar-refractivity contribution is 5.82. The summed E-state index contributed by atoms with van der Waals surface area (Å²) in [6, 6.07) is 10.2. The summed E-state index contributed by atoms with van der Waals surface area (Å²) in [5.41, 5.74) is 4.26. The molecule has 0 saturated carbocycles. The normalized spacial score (nSPS) is 14.2. The van der Waals surface area contributed by atoms with Crippen LogP contribution in [0.3, 0.4) is 0 Å². The molecule has 2 aromatic heterocycles. The van der Waals surface area contributed by atoms with Crippen LogP contribution in [0, 0.1) is 0 Å². The summed E-state index contributed by atoms with van der Waals surface area (Å²) in [6.45, 7) is 4.99. The molecule has 5 heteroatoms.